The highest BCUT2D eigenvalue weighted by molar-refractivity contribution is 7.89. The third kappa shape index (κ3) is 2.45. The Morgan fingerprint density at radius 3 is 2.42 bits per heavy atom. The van der Waals surface area contributed by atoms with E-state index in [0.29, 0.717) is 25.0 Å². The first-order valence-electron chi connectivity index (χ1n) is 5.45. The second-order valence-corrected chi connectivity index (χ2v) is 6.29. The number of sulfonamides is 1. The van der Waals surface area contributed by atoms with E-state index in [9.17, 15) is 22.0 Å². The molecule has 0 amide bonds. The molecule has 19 heavy (non-hydrogen) atoms. The van der Waals surface area contributed by atoms with Gasteiger partial charge >= 0.3 is 5.97 Å². The topological polar surface area (TPSA) is 74.7 Å². The van der Waals surface area contributed by atoms with Crippen LogP contribution in [0, 0.1) is 11.6 Å². The van der Waals surface area contributed by atoms with Crippen molar-refractivity contribution in [1.29, 1.82) is 0 Å². The van der Waals surface area contributed by atoms with E-state index in [0.717, 1.165) is 4.31 Å². The highest BCUT2D eigenvalue weighted by Gasteiger charge is 2.37. The van der Waals surface area contributed by atoms with Gasteiger partial charge in [0, 0.05) is 13.1 Å². The van der Waals surface area contributed by atoms with E-state index in [1.54, 1.807) is 0 Å². The molecule has 1 N–H and O–H groups in total. The lowest BCUT2D eigenvalue weighted by atomic mass is 10.2. The number of carbonyl (C=O) groups is 1. The summed E-state index contributed by atoms with van der Waals surface area (Å²) in [5, 5.41) is 8.75. The molecule has 2 rings (SSSR count). The van der Waals surface area contributed by atoms with Gasteiger partial charge in [-0.2, -0.15) is 4.31 Å². The third-order valence-electron chi connectivity index (χ3n) is 2.96. The summed E-state index contributed by atoms with van der Waals surface area (Å²) >= 11 is 0. The van der Waals surface area contributed by atoms with Gasteiger partial charge in [-0.05, 0) is 25.0 Å². The maximum absolute atomic E-state index is 13.6. The van der Waals surface area contributed by atoms with E-state index in [4.69, 9.17) is 5.11 Å². The lowest BCUT2D eigenvalue weighted by molar-refractivity contribution is 0.0696. The van der Waals surface area contributed by atoms with E-state index in [-0.39, 0.29) is 6.04 Å². The molecule has 5 nitrogen and oxygen atoms in total. The van der Waals surface area contributed by atoms with Crippen molar-refractivity contribution in [1.82, 2.24) is 4.31 Å². The zero-order valence-electron chi connectivity index (χ0n) is 9.93. The van der Waals surface area contributed by atoms with E-state index in [2.05, 4.69) is 0 Å². The van der Waals surface area contributed by atoms with Gasteiger partial charge in [0.05, 0.1) is 5.56 Å². The zero-order chi connectivity index (χ0) is 14.4. The Bertz CT molecular complexity index is 640. The molecular weight excluding hydrogens is 280 g/mol. The van der Waals surface area contributed by atoms with Crippen molar-refractivity contribution < 1.29 is 27.1 Å². The number of aromatic carboxylic acids is 1. The first kappa shape index (κ1) is 13.9. The highest BCUT2D eigenvalue weighted by Crippen LogP contribution is 2.32. The fraction of sp³-hybridized carbons (Fsp3) is 0.364. The van der Waals surface area contributed by atoms with Crippen LogP contribution in [0.1, 0.15) is 23.2 Å². The first-order valence-corrected chi connectivity index (χ1v) is 6.89. The van der Waals surface area contributed by atoms with Gasteiger partial charge in [-0.3, -0.25) is 0 Å². The van der Waals surface area contributed by atoms with Gasteiger partial charge in [0.2, 0.25) is 10.0 Å². The molecule has 1 fully saturated rings. The molecule has 0 bridgehead atoms. The number of halogens is 2. The molecule has 1 aliphatic carbocycles. The summed E-state index contributed by atoms with van der Waals surface area (Å²) in [6, 6.07) is 0.851. The van der Waals surface area contributed by atoms with Crippen LogP contribution in [0.15, 0.2) is 17.0 Å². The molecule has 0 saturated heterocycles. The van der Waals surface area contributed by atoms with Crippen molar-refractivity contribution in [3.8, 4) is 0 Å². The van der Waals surface area contributed by atoms with Crippen molar-refractivity contribution in [2.45, 2.75) is 23.8 Å². The van der Waals surface area contributed by atoms with Crippen LogP contribution in [0.5, 0.6) is 0 Å². The minimum atomic E-state index is -4.23. The number of benzene rings is 1. The number of carboxylic acid groups (broad SMARTS) is 1. The number of nitrogens with zero attached hydrogens (tertiary/aromatic N) is 1. The van der Waals surface area contributed by atoms with Gasteiger partial charge in [-0.25, -0.2) is 22.0 Å². The lowest BCUT2D eigenvalue weighted by Crippen LogP contribution is -2.30. The number of hydrogen-bond donors (Lipinski definition) is 1. The maximum Gasteiger partial charge on any atom is 0.335 e. The van der Waals surface area contributed by atoms with Crippen molar-refractivity contribution in [3.63, 3.8) is 0 Å². The van der Waals surface area contributed by atoms with Gasteiger partial charge in [-0.15, -0.1) is 0 Å². The minimum absolute atomic E-state index is 0.235. The van der Waals surface area contributed by atoms with Gasteiger partial charge in [-0.1, -0.05) is 0 Å². The number of carboxylic acids is 1. The molecule has 0 aromatic heterocycles. The van der Waals surface area contributed by atoms with Crippen LogP contribution in [-0.2, 0) is 10.0 Å². The van der Waals surface area contributed by atoms with Crippen LogP contribution in [0.4, 0.5) is 8.78 Å². The fourth-order valence-corrected chi connectivity index (χ4v) is 3.18. The summed E-state index contributed by atoms with van der Waals surface area (Å²) in [6.45, 7) is 0. The van der Waals surface area contributed by atoms with Crippen LogP contribution in [0.2, 0.25) is 0 Å². The monoisotopic (exact) mass is 291 g/mol. The Kier molecular flexibility index (Phi) is 3.31. The lowest BCUT2D eigenvalue weighted by Gasteiger charge is -2.17. The van der Waals surface area contributed by atoms with Gasteiger partial charge < -0.3 is 5.11 Å². The molecule has 0 heterocycles. The van der Waals surface area contributed by atoms with E-state index in [1.807, 2.05) is 0 Å². The van der Waals surface area contributed by atoms with Gasteiger partial charge in [0.15, 0.2) is 11.6 Å². The molecule has 104 valence electrons. The molecule has 0 radical (unpaired) electrons. The summed E-state index contributed by atoms with van der Waals surface area (Å²) in [6.07, 6.45) is 1.30. The van der Waals surface area contributed by atoms with Gasteiger partial charge in [0.1, 0.15) is 4.90 Å². The molecule has 1 aromatic carbocycles. The summed E-state index contributed by atoms with van der Waals surface area (Å²) in [5.74, 6) is -4.58. The normalized spacial score (nSPS) is 15.8. The predicted molar refractivity (Wildman–Crippen MR) is 61.3 cm³/mol. The molecule has 0 spiro atoms. The Labute approximate surface area is 108 Å². The van der Waals surface area contributed by atoms with Crippen LogP contribution >= 0.6 is 0 Å². The quantitative estimate of drug-likeness (QED) is 0.911. The Morgan fingerprint density at radius 1 is 1.37 bits per heavy atom. The van der Waals surface area contributed by atoms with Crippen LogP contribution in [0.3, 0.4) is 0 Å². The Balaban J connectivity index is 2.57. The number of rotatable bonds is 4. The van der Waals surface area contributed by atoms with E-state index >= 15 is 0 Å². The highest BCUT2D eigenvalue weighted by atomic mass is 32.2. The predicted octanol–water partition coefficient (Wildman–Crippen LogP) is 1.45. The average molecular weight is 291 g/mol. The van der Waals surface area contributed by atoms with Crippen molar-refractivity contribution in [2.24, 2.45) is 0 Å². The second kappa shape index (κ2) is 4.53. The molecular formula is C11H11F2NO4S. The fourth-order valence-electron chi connectivity index (χ4n) is 1.66. The minimum Gasteiger partial charge on any atom is -0.478 e. The van der Waals surface area contributed by atoms with Crippen LogP contribution in [-0.4, -0.2) is 36.9 Å². The molecule has 0 atom stereocenters. The summed E-state index contributed by atoms with van der Waals surface area (Å²) in [7, 11) is -2.97. The molecule has 8 heteroatoms. The van der Waals surface area contributed by atoms with Gasteiger partial charge in [0.25, 0.3) is 0 Å². The van der Waals surface area contributed by atoms with Crippen LogP contribution in [0.25, 0.3) is 0 Å². The number of hydrogen-bond acceptors (Lipinski definition) is 3. The molecule has 1 saturated carbocycles. The third-order valence-corrected chi connectivity index (χ3v) is 4.87. The standard InChI is InChI=1S/C11H11F2NO4S/c1-14(7-2-3-7)19(17,18)9-5-6(11(15)16)4-8(12)10(9)13/h4-5,7H,2-3H2,1H3,(H,15,16). The SMILES string of the molecule is CN(C1CC1)S(=O)(=O)c1cc(C(=O)O)cc(F)c1F. The molecule has 1 aromatic rings. The second-order valence-electron chi connectivity index (χ2n) is 4.33. The summed E-state index contributed by atoms with van der Waals surface area (Å²) in [4.78, 5) is 9.82. The zero-order valence-corrected chi connectivity index (χ0v) is 10.7. The molecule has 1 aliphatic rings. The summed E-state index contributed by atoms with van der Waals surface area (Å²) < 4.78 is 52.0. The van der Waals surface area contributed by atoms with Crippen LogP contribution < -0.4 is 0 Å². The molecule has 0 aliphatic heterocycles. The Morgan fingerprint density at radius 2 is 1.95 bits per heavy atom. The van der Waals surface area contributed by atoms with Crippen molar-refractivity contribution >= 4 is 16.0 Å². The van der Waals surface area contributed by atoms with Crippen molar-refractivity contribution in [3.05, 3.63) is 29.3 Å². The summed E-state index contributed by atoms with van der Waals surface area (Å²) in [5.41, 5.74) is -0.610. The van der Waals surface area contributed by atoms with E-state index in [1.165, 1.54) is 7.05 Å². The first-order chi connectivity index (χ1) is 8.75. The Hall–Kier alpha value is -1.54. The maximum atomic E-state index is 13.6. The molecule has 0 unspecified atom stereocenters. The smallest absolute Gasteiger partial charge is 0.335 e. The van der Waals surface area contributed by atoms with Crippen molar-refractivity contribution in [2.75, 3.05) is 7.05 Å². The largest absolute Gasteiger partial charge is 0.478 e. The van der Waals surface area contributed by atoms with E-state index < -0.39 is 38.1 Å². The average Bonchev–Trinajstić information content (AvgIpc) is 3.14.